The van der Waals surface area contributed by atoms with Crippen molar-refractivity contribution < 1.29 is 0 Å². The minimum absolute atomic E-state index is 0.792. The summed E-state index contributed by atoms with van der Waals surface area (Å²) in [5.74, 6) is 0.792. The Labute approximate surface area is 131 Å². The van der Waals surface area contributed by atoms with Crippen LogP contribution >= 0.6 is 0 Å². The molecule has 0 unspecified atom stereocenters. The van der Waals surface area contributed by atoms with Crippen LogP contribution in [-0.4, -0.2) is 16.5 Å². The van der Waals surface area contributed by atoms with Crippen LogP contribution in [0.2, 0.25) is 0 Å². The Bertz CT molecular complexity index is 738. The average molecular weight is 289 g/mol. The molecule has 0 aliphatic carbocycles. The minimum Gasteiger partial charge on any atom is -0.385 e. The zero-order chi connectivity index (χ0) is 15.2. The lowest BCUT2D eigenvalue weighted by atomic mass is 10.1. The van der Waals surface area contributed by atoms with Gasteiger partial charge in [-0.2, -0.15) is 0 Å². The molecule has 3 aromatic rings. The number of aryl methyl sites for hydroxylation is 1. The fourth-order valence-corrected chi connectivity index (χ4v) is 2.40. The summed E-state index contributed by atoms with van der Waals surface area (Å²) in [6.45, 7) is 2.82. The number of rotatable bonds is 5. The van der Waals surface area contributed by atoms with Crippen molar-refractivity contribution in [2.24, 2.45) is 0 Å². The number of benzene rings is 2. The van der Waals surface area contributed by atoms with Gasteiger partial charge in [-0.1, -0.05) is 42.5 Å². The van der Waals surface area contributed by atoms with Crippen LogP contribution in [0.1, 0.15) is 11.4 Å². The van der Waals surface area contributed by atoms with Gasteiger partial charge in [0.1, 0.15) is 5.82 Å². The fourth-order valence-electron chi connectivity index (χ4n) is 2.40. The van der Waals surface area contributed by atoms with E-state index in [-0.39, 0.29) is 0 Å². The highest BCUT2D eigenvalue weighted by Crippen LogP contribution is 2.20. The first-order chi connectivity index (χ1) is 10.8. The highest BCUT2D eigenvalue weighted by molar-refractivity contribution is 5.64. The molecule has 3 heteroatoms. The molecule has 1 heterocycles. The monoisotopic (exact) mass is 289 g/mol. The van der Waals surface area contributed by atoms with Crippen LogP contribution in [-0.2, 0) is 6.42 Å². The summed E-state index contributed by atoms with van der Waals surface area (Å²) in [5, 5.41) is 3.47. The second-order valence-corrected chi connectivity index (χ2v) is 5.23. The first-order valence-electron chi connectivity index (χ1n) is 7.49. The van der Waals surface area contributed by atoms with E-state index in [1.165, 1.54) is 5.56 Å². The van der Waals surface area contributed by atoms with E-state index < -0.39 is 0 Å². The highest BCUT2D eigenvalue weighted by atomic mass is 14.9. The molecule has 0 saturated heterocycles. The molecular weight excluding hydrogens is 270 g/mol. The van der Waals surface area contributed by atoms with Gasteiger partial charge in [-0.15, -0.1) is 0 Å². The van der Waals surface area contributed by atoms with Crippen molar-refractivity contribution in [1.82, 2.24) is 9.97 Å². The van der Waals surface area contributed by atoms with Crippen molar-refractivity contribution in [2.45, 2.75) is 13.3 Å². The average Bonchev–Trinajstić information content (AvgIpc) is 2.56. The van der Waals surface area contributed by atoms with Crippen LogP contribution in [0.4, 0.5) is 5.69 Å². The number of nitrogens with zero attached hydrogens (tertiary/aromatic N) is 2. The van der Waals surface area contributed by atoms with Gasteiger partial charge in [0.15, 0.2) is 0 Å². The van der Waals surface area contributed by atoms with E-state index in [2.05, 4.69) is 63.8 Å². The maximum Gasteiger partial charge on any atom is 0.125 e. The SMILES string of the molecule is Cc1nccc(-c2cccc(NCCc3ccccc3)c2)n1. The zero-order valence-electron chi connectivity index (χ0n) is 12.7. The topological polar surface area (TPSA) is 37.8 Å². The zero-order valence-corrected chi connectivity index (χ0v) is 12.7. The molecule has 22 heavy (non-hydrogen) atoms. The molecule has 0 radical (unpaired) electrons. The van der Waals surface area contributed by atoms with Crippen molar-refractivity contribution in [3.05, 3.63) is 78.2 Å². The molecule has 0 spiro atoms. The normalized spacial score (nSPS) is 10.4. The lowest BCUT2D eigenvalue weighted by molar-refractivity contribution is 1.02. The minimum atomic E-state index is 0.792. The number of nitrogens with one attached hydrogen (secondary N) is 1. The molecule has 0 bridgehead atoms. The van der Waals surface area contributed by atoms with Gasteiger partial charge in [0.05, 0.1) is 5.69 Å². The molecule has 1 N–H and O–H groups in total. The van der Waals surface area contributed by atoms with Crippen LogP contribution in [0.25, 0.3) is 11.3 Å². The van der Waals surface area contributed by atoms with Gasteiger partial charge in [-0.25, -0.2) is 9.97 Å². The summed E-state index contributed by atoms with van der Waals surface area (Å²) in [4.78, 5) is 8.62. The molecule has 0 amide bonds. The largest absolute Gasteiger partial charge is 0.385 e. The van der Waals surface area contributed by atoms with Gasteiger partial charge < -0.3 is 5.32 Å². The van der Waals surface area contributed by atoms with E-state index in [0.717, 1.165) is 35.7 Å². The molecule has 0 aliphatic heterocycles. The standard InChI is InChI=1S/C19H19N3/c1-15-20-13-11-19(22-15)17-8-5-9-18(14-17)21-12-10-16-6-3-2-4-7-16/h2-9,11,13-14,21H,10,12H2,1H3. The smallest absolute Gasteiger partial charge is 0.125 e. The number of aromatic nitrogens is 2. The fraction of sp³-hybridized carbons (Fsp3) is 0.158. The Hall–Kier alpha value is -2.68. The third-order valence-electron chi connectivity index (χ3n) is 3.52. The lowest BCUT2D eigenvalue weighted by Gasteiger charge is -2.08. The van der Waals surface area contributed by atoms with Crippen molar-refractivity contribution in [2.75, 3.05) is 11.9 Å². The van der Waals surface area contributed by atoms with E-state index >= 15 is 0 Å². The molecule has 0 aliphatic rings. The van der Waals surface area contributed by atoms with Gasteiger partial charge in [0.2, 0.25) is 0 Å². The summed E-state index contributed by atoms with van der Waals surface area (Å²) in [7, 11) is 0. The second kappa shape index (κ2) is 6.85. The van der Waals surface area contributed by atoms with Gasteiger partial charge in [-0.05, 0) is 37.1 Å². The molecular formula is C19H19N3. The maximum absolute atomic E-state index is 4.47. The molecule has 2 aromatic carbocycles. The first kappa shape index (κ1) is 14.3. The van der Waals surface area contributed by atoms with Gasteiger partial charge in [0.25, 0.3) is 0 Å². The van der Waals surface area contributed by atoms with Crippen LogP contribution in [0.15, 0.2) is 66.9 Å². The van der Waals surface area contributed by atoms with Crippen LogP contribution in [0.5, 0.6) is 0 Å². The Morgan fingerprint density at radius 3 is 2.64 bits per heavy atom. The van der Waals surface area contributed by atoms with Gasteiger partial charge in [-0.3, -0.25) is 0 Å². The molecule has 0 saturated carbocycles. The molecule has 0 fully saturated rings. The van der Waals surface area contributed by atoms with Crippen molar-refractivity contribution >= 4 is 5.69 Å². The van der Waals surface area contributed by atoms with Gasteiger partial charge in [0, 0.05) is 24.0 Å². The van der Waals surface area contributed by atoms with E-state index in [1.807, 2.05) is 19.1 Å². The lowest BCUT2D eigenvalue weighted by Crippen LogP contribution is -2.04. The number of hydrogen-bond acceptors (Lipinski definition) is 3. The highest BCUT2D eigenvalue weighted by Gasteiger charge is 2.01. The molecule has 3 nitrogen and oxygen atoms in total. The number of anilines is 1. The van der Waals surface area contributed by atoms with Crippen LogP contribution in [0.3, 0.4) is 0 Å². The Morgan fingerprint density at radius 2 is 1.82 bits per heavy atom. The summed E-state index contributed by atoms with van der Waals surface area (Å²) >= 11 is 0. The predicted molar refractivity (Wildman–Crippen MR) is 90.8 cm³/mol. The predicted octanol–water partition coefficient (Wildman–Crippen LogP) is 4.11. The Balaban J connectivity index is 1.66. The molecule has 3 rings (SSSR count). The van der Waals surface area contributed by atoms with Crippen molar-refractivity contribution in [3.8, 4) is 11.3 Å². The molecule has 1 aromatic heterocycles. The third kappa shape index (κ3) is 3.70. The van der Waals surface area contributed by atoms with Crippen molar-refractivity contribution in [1.29, 1.82) is 0 Å². The summed E-state index contributed by atoms with van der Waals surface area (Å²) < 4.78 is 0. The summed E-state index contributed by atoms with van der Waals surface area (Å²) in [6, 6.07) is 20.8. The first-order valence-corrected chi connectivity index (χ1v) is 7.49. The third-order valence-corrected chi connectivity index (χ3v) is 3.52. The van der Waals surface area contributed by atoms with E-state index in [0.29, 0.717) is 0 Å². The van der Waals surface area contributed by atoms with E-state index in [1.54, 1.807) is 6.20 Å². The van der Waals surface area contributed by atoms with E-state index in [4.69, 9.17) is 0 Å². The number of hydrogen-bond donors (Lipinski definition) is 1. The quantitative estimate of drug-likeness (QED) is 0.768. The van der Waals surface area contributed by atoms with E-state index in [9.17, 15) is 0 Å². The molecule has 110 valence electrons. The maximum atomic E-state index is 4.47. The summed E-state index contributed by atoms with van der Waals surface area (Å²) in [6.07, 6.45) is 2.81. The Morgan fingerprint density at radius 1 is 0.955 bits per heavy atom. The second-order valence-electron chi connectivity index (χ2n) is 5.23. The van der Waals surface area contributed by atoms with Crippen LogP contribution < -0.4 is 5.32 Å². The van der Waals surface area contributed by atoms with Crippen molar-refractivity contribution in [3.63, 3.8) is 0 Å². The molecule has 0 atom stereocenters. The summed E-state index contributed by atoms with van der Waals surface area (Å²) in [5.41, 5.74) is 4.52. The van der Waals surface area contributed by atoms with Gasteiger partial charge >= 0.3 is 0 Å². The van der Waals surface area contributed by atoms with Crippen LogP contribution in [0, 0.1) is 6.92 Å². The Kier molecular flexibility index (Phi) is 4.44.